The molecule has 3 aliphatic carbocycles. The van der Waals surface area contributed by atoms with Gasteiger partial charge in [0.2, 0.25) is 0 Å². The lowest BCUT2D eigenvalue weighted by molar-refractivity contribution is 0.0227. The van der Waals surface area contributed by atoms with Gasteiger partial charge in [0.15, 0.2) is 0 Å². The van der Waals surface area contributed by atoms with E-state index in [1.54, 1.807) is 0 Å². The molecule has 0 nitrogen and oxygen atoms in total. The lowest BCUT2D eigenvalue weighted by atomic mass is 9.53. The van der Waals surface area contributed by atoms with Crippen molar-refractivity contribution in [2.75, 3.05) is 0 Å². The van der Waals surface area contributed by atoms with Crippen LogP contribution in [-0.2, 0) is 0 Å². The van der Waals surface area contributed by atoms with Gasteiger partial charge in [-0.2, -0.15) is 0 Å². The second kappa shape index (κ2) is 4.77. The Morgan fingerprint density at radius 3 is 1.62 bits per heavy atom. The quantitative estimate of drug-likeness (QED) is 0.514. The molecule has 0 aliphatic heterocycles. The van der Waals surface area contributed by atoms with Crippen LogP contribution in [0.1, 0.15) is 51.4 Å². The van der Waals surface area contributed by atoms with Crippen molar-refractivity contribution in [3.05, 3.63) is 24.3 Å². The van der Waals surface area contributed by atoms with Gasteiger partial charge in [-0.15, -0.1) is 0 Å². The van der Waals surface area contributed by atoms with Gasteiger partial charge in [-0.25, -0.2) is 0 Å². The van der Waals surface area contributed by atoms with Crippen molar-refractivity contribution in [3.8, 4) is 0 Å². The second-order valence-corrected chi connectivity index (χ2v) is 5.91. The molecule has 0 heterocycles. The van der Waals surface area contributed by atoms with Crippen LogP contribution in [0, 0.1) is 23.7 Å². The van der Waals surface area contributed by atoms with Crippen LogP contribution in [0.2, 0.25) is 0 Å². The van der Waals surface area contributed by atoms with Crippen molar-refractivity contribution in [2.24, 2.45) is 23.7 Å². The highest BCUT2D eigenvalue weighted by Crippen LogP contribution is 2.53. The lowest BCUT2D eigenvalue weighted by Gasteiger charge is -2.52. The zero-order chi connectivity index (χ0) is 10.8. The number of hydrogen-bond acceptors (Lipinski definition) is 0. The van der Waals surface area contributed by atoms with Gasteiger partial charge >= 0.3 is 0 Å². The molecule has 0 spiro atoms. The lowest BCUT2D eigenvalue weighted by Crippen LogP contribution is -2.45. The first kappa shape index (κ1) is 10.6. The van der Waals surface area contributed by atoms with Crippen LogP contribution in [-0.4, -0.2) is 0 Å². The molecule has 0 amide bonds. The van der Waals surface area contributed by atoms with E-state index in [-0.39, 0.29) is 0 Å². The summed E-state index contributed by atoms with van der Waals surface area (Å²) in [4.78, 5) is 0. The van der Waals surface area contributed by atoms with Gasteiger partial charge in [-0.05, 0) is 62.2 Å². The van der Waals surface area contributed by atoms with Gasteiger partial charge in [0, 0.05) is 0 Å². The number of fused-ring (bicyclic) bond motifs is 4. The molecule has 0 aromatic heterocycles. The summed E-state index contributed by atoms with van der Waals surface area (Å²) in [6, 6.07) is 0. The van der Waals surface area contributed by atoms with E-state index < -0.39 is 0 Å². The van der Waals surface area contributed by atoms with Gasteiger partial charge in [0.25, 0.3) is 0 Å². The standard InChI is InChI=1S/C16H24/c1-2-6-10-14-13(9-5-1)15-11-7-3-4-8-12-16(14)15/h5,7,9,11,13-16H,1-4,6,8,10,12H2/b9-5+,11-7+. The van der Waals surface area contributed by atoms with Crippen LogP contribution >= 0.6 is 0 Å². The molecule has 4 unspecified atom stereocenters. The fourth-order valence-corrected chi connectivity index (χ4v) is 4.14. The monoisotopic (exact) mass is 216 g/mol. The molecule has 0 aromatic rings. The SMILES string of the molecule is C1=C/C2C3/C=C/CCCCC3C2CCCC/1. The number of rotatable bonds is 0. The van der Waals surface area contributed by atoms with Crippen LogP contribution in [0.4, 0.5) is 0 Å². The van der Waals surface area contributed by atoms with Gasteiger partial charge in [-0.3, -0.25) is 0 Å². The predicted octanol–water partition coefficient (Wildman–Crippen LogP) is 4.73. The summed E-state index contributed by atoms with van der Waals surface area (Å²) in [5, 5.41) is 0. The summed E-state index contributed by atoms with van der Waals surface area (Å²) >= 11 is 0. The first-order chi connectivity index (χ1) is 7.97. The Morgan fingerprint density at radius 2 is 1.12 bits per heavy atom. The molecule has 3 aliphatic rings. The zero-order valence-corrected chi connectivity index (χ0v) is 10.3. The molecule has 4 atom stereocenters. The molecule has 0 saturated heterocycles. The van der Waals surface area contributed by atoms with Crippen LogP contribution in [0.25, 0.3) is 0 Å². The molecular weight excluding hydrogens is 192 g/mol. The maximum absolute atomic E-state index is 2.55. The van der Waals surface area contributed by atoms with Crippen LogP contribution in [0.3, 0.4) is 0 Å². The minimum atomic E-state index is 0.902. The zero-order valence-electron chi connectivity index (χ0n) is 10.3. The first-order valence-electron chi connectivity index (χ1n) is 7.30. The maximum Gasteiger partial charge on any atom is -0.0137 e. The van der Waals surface area contributed by atoms with E-state index in [2.05, 4.69) is 24.3 Å². The molecule has 16 heavy (non-hydrogen) atoms. The molecule has 88 valence electrons. The van der Waals surface area contributed by atoms with E-state index in [4.69, 9.17) is 0 Å². The van der Waals surface area contributed by atoms with Crippen molar-refractivity contribution in [3.63, 3.8) is 0 Å². The Morgan fingerprint density at radius 1 is 0.625 bits per heavy atom. The molecule has 1 saturated carbocycles. The normalized spacial score (nSPS) is 47.0. The van der Waals surface area contributed by atoms with E-state index in [0.29, 0.717) is 0 Å². The van der Waals surface area contributed by atoms with Crippen molar-refractivity contribution >= 4 is 0 Å². The second-order valence-electron chi connectivity index (χ2n) is 5.91. The largest absolute Gasteiger partial charge is 0.0882 e. The summed E-state index contributed by atoms with van der Waals surface area (Å²) in [6.45, 7) is 0. The third-order valence-electron chi connectivity index (χ3n) is 5.02. The number of allylic oxidation sites excluding steroid dienone is 4. The van der Waals surface area contributed by atoms with Gasteiger partial charge in [-0.1, -0.05) is 37.1 Å². The molecular formula is C16H24. The van der Waals surface area contributed by atoms with E-state index in [1.165, 1.54) is 51.4 Å². The van der Waals surface area contributed by atoms with Crippen LogP contribution < -0.4 is 0 Å². The molecule has 1 fully saturated rings. The van der Waals surface area contributed by atoms with E-state index in [1.807, 2.05) is 0 Å². The third-order valence-corrected chi connectivity index (χ3v) is 5.02. The average molecular weight is 216 g/mol. The summed E-state index contributed by atoms with van der Waals surface area (Å²) in [6.07, 6.45) is 21.5. The van der Waals surface area contributed by atoms with Gasteiger partial charge in [0.05, 0.1) is 0 Å². The van der Waals surface area contributed by atoms with Crippen LogP contribution in [0.5, 0.6) is 0 Å². The highest BCUT2D eigenvalue weighted by atomic mass is 14.5. The summed E-state index contributed by atoms with van der Waals surface area (Å²) in [5.74, 6) is 3.87. The van der Waals surface area contributed by atoms with E-state index >= 15 is 0 Å². The fourth-order valence-electron chi connectivity index (χ4n) is 4.14. The van der Waals surface area contributed by atoms with Crippen molar-refractivity contribution in [2.45, 2.75) is 51.4 Å². The fraction of sp³-hybridized carbons (Fsp3) is 0.750. The molecule has 0 radical (unpaired) electrons. The van der Waals surface area contributed by atoms with Gasteiger partial charge < -0.3 is 0 Å². The van der Waals surface area contributed by atoms with Crippen molar-refractivity contribution < 1.29 is 0 Å². The Hall–Kier alpha value is -0.520. The topological polar surface area (TPSA) is 0 Å². The minimum Gasteiger partial charge on any atom is -0.0882 e. The Labute approximate surface area is 99.8 Å². The van der Waals surface area contributed by atoms with E-state index in [0.717, 1.165) is 23.7 Å². The summed E-state index contributed by atoms with van der Waals surface area (Å²) in [7, 11) is 0. The molecule has 0 N–H and O–H groups in total. The average Bonchev–Trinajstić information content (AvgIpc) is 2.23. The maximum atomic E-state index is 2.55. The summed E-state index contributed by atoms with van der Waals surface area (Å²) in [5.41, 5.74) is 0. The Bertz CT molecular complexity index is 256. The molecule has 3 rings (SSSR count). The molecule has 0 aromatic carbocycles. The Kier molecular flexibility index (Phi) is 3.17. The first-order valence-corrected chi connectivity index (χ1v) is 7.30. The molecule has 0 bridgehead atoms. The van der Waals surface area contributed by atoms with Crippen molar-refractivity contribution in [1.29, 1.82) is 0 Å². The van der Waals surface area contributed by atoms with E-state index in [9.17, 15) is 0 Å². The van der Waals surface area contributed by atoms with Gasteiger partial charge in [0.1, 0.15) is 0 Å². The summed E-state index contributed by atoms with van der Waals surface area (Å²) < 4.78 is 0. The highest BCUT2D eigenvalue weighted by molar-refractivity contribution is 5.13. The number of hydrogen-bond donors (Lipinski definition) is 0. The van der Waals surface area contributed by atoms with Crippen LogP contribution in [0.15, 0.2) is 24.3 Å². The molecule has 0 heteroatoms. The smallest absolute Gasteiger partial charge is 0.0137 e. The minimum absolute atomic E-state index is 0.902. The predicted molar refractivity (Wildman–Crippen MR) is 69.2 cm³/mol. The highest BCUT2D eigenvalue weighted by Gasteiger charge is 2.46. The third kappa shape index (κ3) is 1.87. The van der Waals surface area contributed by atoms with Crippen molar-refractivity contribution in [1.82, 2.24) is 0 Å². The Balaban J connectivity index is 1.77.